The summed E-state index contributed by atoms with van der Waals surface area (Å²) >= 11 is 0. The van der Waals surface area contributed by atoms with E-state index in [1.807, 2.05) is 6.07 Å². The molecule has 4 rings (SSSR count). The number of carbonyl (C=O) groups excluding carboxylic acids is 2. The number of rotatable bonds is 6. The molecule has 0 unspecified atom stereocenters. The van der Waals surface area contributed by atoms with Gasteiger partial charge >= 0.3 is 11.9 Å². The number of nitrogens with zero attached hydrogens (tertiary/aromatic N) is 5. The fourth-order valence-electron chi connectivity index (χ4n) is 4.11. The zero-order valence-corrected chi connectivity index (χ0v) is 17.4. The first kappa shape index (κ1) is 21.0. The molecule has 11 heteroatoms. The molecule has 0 radical (unpaired) electrons. The normalized spacial score (nSPS) is 23.6. The van der Waals surface area contributed by atoms with E-state index in [9.17, 15) is 14.9 Å². The highest BCUT2D eigenvalue weighted by molar-refractivity contribution is 5.83. The molecule has 2 aliphatic rings. The van der Waals surface area contributed by atoms with Gasteiger partial charge in [0.15, 0.2) is 23.2 Å². The number of carbonyl (C=O) groups is 2. The van der Waals surface area contributed by atoms with Crippen LogP contribution in [0.2, 0.25) is 0 Å². The summed E-state index contributed by atoms with van der Waals surface area (Å²) in [6.45, 7) is 2.68. The third-order valence-electron chi connectivity index (χ3n) is 5.43. The Balaban J connectivity index is 1.67. The summed E-state index contributed by atoms with van der Waals surface area (Å²) in [6, 6.07) is 2.27. The number of aromatic nitrogens is 4. The van der Waals surface area contributed by atoms with Crippen LogP contribution in [0.25, 0.3) is 11.2 Å². The number of nitrogens with one attached hydrogen (secondary N) is 1. The molecule has 1 aliphatic heterocycles. The van der Waals surface area contributed by atoms with Gasteiger partial charge in [-0.1, -0.05) is 12.8 Å². The van der Waals surface area contributed by atoms with Gasteiger partial charge in [-0.25, -0.2) is 4.98 Å². The Bertz CT molecular complexity index is 1020. The Morgan fingerprint density at radius 1 is 1.29 bits per heavy atom. The van der Waals surface area contributed by atoms with Gasteiger partial charge in [0.25, 0.3) is 0 Å². The van der Waals surface area contributed by atoms with Crippen molar-refractivity contribution in [2.75, 3.05) is 11.9 Å². The molecule has 0 aromatic carbocycles. The number of imidazole rings is 1. The second-order valence-corrected chi connectivity index (χ2v) is 7.79. The average Bonchev–Trinajstić information content (AvgIpc) is 3.45. The highest BCUT2D eigenvalue weighted by Crippen LogP contribution is 2.35. The summed E-state index contributed by atoms with van der Waals surface area (Å²) in [5, 5.41) is 12.8. The molecule has 11 nitrogen and oxygen atoms in total. The highest BCUT2D eigenvalue weighted by atomic mass is 16.6. The summed E-state index contributed by atoms with van der Waals surface area (Å²) < 4.78 is 18.2. The number of nitriles is 1. The molecule has 0 amide bonds. The average molecular weight is 428 g/mol. The minimum Gasteiger partial charge on any atom is -0.463 e. The van der Waals surface area contributed by atoms with E-state index in [2.05, 4.69) is 20.3 Å². The molecular formula is C20H24N6O5. The Morgan fingerprint density at radius 3 is 2.74 bits per heavy atom. The van der Waals surface area contributed by atoms with Gasteiger partial charge < -0.3 is 19.5 Å². The van der Waals surface area contributed by atoms with Crippen LogP contribution in [0.4, 0.5) is 5.82 Å². The van der Waals surface area contributed by atoms with E-state index in [0.717, 1.165) is 25.7 Å². The standard InChI is InChI=1S/C20H24N6O5/c1-11(27)29-9-14-7-15(30-12(2)28)20(31-14)26-10-22-17-18(23-13-5-3-4-6-13)24-16(8-21)25-19(17)26/h10,13-15,20H,3-7,9H2,1-2H3,(H,23,24,25)/t14-,15-,20-/m1/s1. The van der Waals surface area contributed by atoms with Crippen molar-refractivity contribution in [3.8, 4) is 6.07 Å². The summed E-state index contributed by atoms with van der Waals surface area (Å²) in [6.07, 6.45) is 4.44. The van der Waals surface area contributed by atoms with Crippen LogP contribution in [-0.2, 0) is 23.8 Å². The van der Waals surface area contributed by atoms with Crippen molar-refractivity contribution < 1.29 is 23.8 Å². The Kier molecular flexibility index (Phi) is 5.99. The molecule has 3 atom stereocenters. The van der Waals surface area contributed by atoms with E-state index in [1.165, 1.54) is 20.2 Å². The lowest BCUT2D eigenvalue weighted by Gasteiger charge is -2.20. The van der Waals surface area contributed by atoms with Crippen LogP contribution in [0, 0.1) is 11.3 Å². The minimum absolute atomic E-state index is 0.00763. The van der Waals surface area contributed by atoms with Crippen molar-refractivity contribution in [3.05, 3.63) is 12.2 Å². The molecule has 164 valence electrons. The summed E-state index contributed by atoms with van der Waals surface area (Å²) in [7, 11) is 0. The van der Waals surface area contributed by atoms with Crippen molar-refractivity contribution in [2.24, 2.45) is 0 Å². The fourth-order valence-corrected chi connectivity index (χ4v) is 4.11. The van der Waals surface area contributed by atoms with Gasteiger partial charge in [0.05, 0.1) is 12.4 Å². The molecule has 2 aromatic heterocycles. The second kappa shape index (κ2) is 8.85. The monoisotopic (exact) mass is 428 g/mol. The minimum atomic E-state index is -0.727. The zero-order valence-electron chi connectivity index (χ0n) is 17.4. The van der Waals surface area contributed by atoms with Crippen molar-refractivity contribution >= 4 is 28.9 Å². The molecule has 31 heavy (non-hydrogen) atoms. The van der Waals surface area contributed by atoms with E-state index < -0.39 is 30.4 Å². The molecule has 1 aliphatic carbocycles. The van der Waals surface area contributed by atoms with Crippen LogP contribution in [-0.4, -0.2) is 56.3 Å². The lowest BCUT2D eigenvalue weighted by Crippen LogP contribution is -2.24. The van der Waals surface area contributed by atoms with Gasteiger partial charge in [-0.05, 0) is 12.8 Å². The number of fused-ring (bicyclic) bond motifs is 1. The predicted molar refractivity (Wildman–Crippen MR) is 107 cm³/mol. The fraction of sp³-hybridized carbons (Fsp3) is 0.600. The van der Waals surface area contributed by atoms with Crippen molar-refractivity contribution in [2.45, 2.75) is 70.4 Å². The van der Waals surface area contributed by atoms with Crippen LogP contribution in [0.1, 0.15) is 58.0 Å². The lowest BCUT2D eigenvalue weighted by atomic mass is 10.2. The maximum absolute atomic E-state index is 11.6. The Labute approximate surface area is 178 Å². The highest BCUT2D eigenvalue weighted by Gasteiger charge is 2.40. The summed E-state index contributed by atoms with van der Waals surface area (Å²) in [5.41, 5.74) is 0.918. The SMILES string of the molecule is CC(=O)OC[C@H]1C[C@@H](OC(C)=O)[C@H](n2cnc3c(NC4CCCC4)nc(C#N)nc32)O1. The molecule has 1 saturated carbocycles. The van der Waals surface area contributed by atoms with E-state index in [-0.39, 0.29) is 18.5 Å². The zero-order chi connectivity index (χ0) is 22.0. The first-order valence-corrected chi connectivity index (χ1v) is 10.3. The quantitative estimate of drug-likeness (QED) is 0.677. The smallest absolute Gasteiger partial charge is 0.303 e. The Hall–Kier alpha value is -3.26. The van der Waals surface area contributed by atoms with Crippen LogP contribution in [0.15, 0.2) is 6.33 Å². The van der Waals surface area contributed by atoms with Crippen LogP contribution < -0.4 is 5.32 Å². The molecule has 1 N–H and O–H groups in total. The third kappa shape index (κ3) is 4.59. The van der Waals surface area contributed by atoms with Gasteiger partial charge in [0.2, 0.25) is 5.82 Å². The van der Waals surface area contributed by atoms with Crippen LogP contribution in [0.3, 0.4) is 0 Å². The molecule has 3 heterocycles. The molecule has 0 spiro atoms. The summed E-state index contributed by atoms with van der Waals surface area (Å²) in [5.74, 6) is -0.357. The molecule has 0 bridgehead atoms. The van der Waals surface area contributed by atoms with Crippen molar-refractivity contribution in [1.29, 1.82) is 5.26 Å². The third-order valence-corrected chi connectivity index (χ3v) is 5.43. The van der Waals surface area contributed by atoms with Crippen LogP contribution >= 0.6 is 0 Å². The number of hydrogen-bond acceptors (Lipinski definition) is 10. The van der Waals surface area contributed by atoms with Crippen LogP contribution in [0.5, 0.6) is 0 Å². The molecule has 2 fully saturated rings. The maximum atomic E-state index is 11.6. The van der Waals surface area contributed by atoms with Gasteiger partial charge in [0.1, 0.15) is 18.8 Å². The van der Waals surface area contributed by atoms with E-state index in [4.69, 9.17) is 14.2 Å². The van der Waals surface area contributed by atoms with Gasteiger partial charge in [-0.3, -0.25) is 14.2 Å². The molecule has 1 saturated heterocycles. The second-order valence-electron chi connectivity index (χ2n) is 7.79. The topological polar surface area (TPSA) is 141 Å². The first-order valence-electron chi connectivity index (χ1n) is 10.3. The van der Waals surface area contributed by atoms with E-state index >= 15 is 0 Å². The van der Waals surface area contributed by atoms with Gasteiger partial charge in [-0.2, -0.15) is 15.2 Å². The maximum Gasteiger partial charge on any atom is 0.303 e. The Morgan fingerprint density at radius 2 is 2.06 bits per heavy atom. The number of anilines is 1. The largest absolute Gasteiger partial charge is 0.463 e. The van der Waals surface area contributed by atoms with Crippen molar-refractivity contribution in [1.82, 2.24) is 19.5 Å². The van der Waals surface area contributed by atoms with E-state index in [0.29, 0.717) is 23.4 Å². The number of esters is 2. The summed E-state index contributed by atoms with van der Waals surface area (Å²) in [4.78, 5) is 35.9. The lowest BCUT2D eigenvalue weighted by molar-refractivity contribution is -0.152. The van der Waals surface area contributed by atoms with Gasteiger partial charge in [-0.15, -0.1) is 0 Å². The predicted octanol–water partition coefficient (Wildman–Crippen LogP) is 1.83. The number of ether oxygens (including phenoxy) is 3. The van der Waals surface area contributed by atoms with Gasteiger partial charge in [0, 0.05) is 26.3 Å². The molecular weight excluding hydrogens is 404 g/mol. The van der Waals surface area contributed by atoms with Crippen molar-refractivity contribution in [3.63, 3.8) is 0 Å². The van der Waals surface area contributed by atoms with E-state index in [1.54, 1.807) is 4.57 Å². The number of hydrogen-bond donors (Lipinski definition) is 1. The molecule has 2 aromatic rings. The first-order chi connectivity index (χ1) is 14.9.